The molecule has 2 heterocycles. The number of alkyl halides is 3. The molecule has 0 aromatic carbocycles. The zero-order valence-corrected chi connectivity index (χ0v) is 11.5. The number of amides is 1. The summed E-state index contributed by atoms with van der Waals surface area (Å²) in [5.41, 5.74) is 0.115. The van der Waals surface area contributed by atoms with Crippen LogP contribution in [0.3, 0.4) is 0 Å². The van der Waals surface area contributed by atoms with Crippen LogP contribution in [-0.4, -0.2) is 40.5 Å². The molecule has 0 aliphatic carbocycles. The van der Waals surface area contributed by atoms with Crippen LogP contribution in [0.1, 0.15) is 5.89 Å². The SMILES string of the molecule is O=C(NCCc1nc(-c2cc[nH]c(=O)c2)no1)OCC(F)(F)F. The minimum atomic E-state index is -4.58. The standard InChI is InChI=1S/C12H11F3N4O4/c13-12(14,15)6-22-11(21)17-4-2-9-18-10(19-23-9)7-1-3-16-8(20)5-7/h1,3,5H,2,4,6H2,(H,16,20)(H,17,21). The molecule has 0 spiro atoms. The van der Waals surface area contributed by atoms with E-state index in [1.54, 1.807) is 6.07 Å². The van der Waals surface area contributed by atoms with Crippen molar-refractivity contribution in [1.82, 2.24) is 20.4 Å². The summed E-state index contributed by atoms with van der Waals surface area (Å²) in [6, 6.07) is 2.85. The first-order chi connectivity index (χ1) is 10.8. The normalized spacial score (nSPS) is 11.3. The summed E-state index contributed by atoms with van der Waals surface area (Å²) in [5.74, 6) is 0.335. The molecule has 0 atom stereocenters. The highest BCUT2D eigenvalue weighted by atomic mass is 19.4. The molecule has 2 aromatic rings. The van der Waals surface area contributed by atoms with Crippen LogP contribution in [0.2, 0.25) is 0 Å². The first-order valence-corrected chi connectivity index (χ1v) is 6.32. The van der Waals surface area contributed by atoms with Gasteiger partial charge in [0.05, 0.1) is 0 Å². The predicted octanol–water partition coefficient (Wildman–Crippen LogP) is 1.26. The van der Waals surface area contributed by atoms with Crippen LogP contribution in [-0.2, 0) is 11.2 Å². The van der Waals surface area contributed by atoms with E-state index in [2.05, 4.69) is 25.2 Å². The second kappa shape index (κ2) is 6.94. The summed E-state index contributed by atoms with van der Waals surface area (Å²) < 4.78 is 44.4. The number of pyridine rings is 1. The average molecular weight is 332 g/mol. The van der Waals surface area contributed by atoms with Gasteiger partial charge in [-0.15, -0.1) is 0 Å². The Morgan fingerprint density at radius 2 is 2.22 bits per heavy atom. The second-order valence-electron chi connectivity index (χ2n) is 4.32. The number of nitrogens with zero attached hydrogens (tertiary/aromatic N) is 2. The van der Waals surface area contributed by atoms with Gasteiger partial charge in [0.15, 0.2) is 6.61 Å². The number of alkyl carbamates (subject to hydrolysis) is 1. The van der Waals surface area contributed by atoms with Crippen molar-refractivity contribution in [3.05, 3.63) is 34.6 Å². The van der Waals surface area contributed by atoms with Gasteiger partial charge in [-0.3, -0.25) is 4.79 Å². The lowest BCUT2D eigenvalue weighted by atomic mass is 10.2. The van der Waals surface area contributed by atoms with Crippen molar-refractivity contribution in [1.29, 1.82) is 0 Å². The number of nitrogens with one attached hydrogen (secondary N) is 2. The number of aromatic amines is 1. The van der Waals surface area contributed by atoms with E-state index in [9.17, 15) is 22.8 Å². The number of aromatic nitrogens is 3. The number of rotatable bonds is 5. The topological polar surface area (TPSA) is 110 Å². The van der Waals surface area contributed by atoms with E-state index in [0.717, 1.165) is 0 Å². The molecule has 2 rings (SSSR count). The maximum atomic E-state index is 11.8. The van der Waals surface area contributed by atoms with Crippen molar-refractivity contribution >= 4 is 6.09 Å². The molecule has 0 aliphatic heterocycles. The fourth-order valence-electron chi connectivity index (χ4n) is 1.53. The van der Waals surface area contributed by atoms with Gasteiger partial charge in [-0.1, -0.05) is 5.16 Å². The number of ether oxygens (including phenoxy) is 1. The van der Waals surface area contributed by atoms with Crippen molar-refractivity contribution in [3.8, 4) is 11.4 Å². The molecule has 0 saturated heterocycles. The highest BCUT2D eigenvalue weighted by Gasteiger charge is 2.29. The number of carbonyl (C=O) groups is 1. The summed E-state index contributed by atoms with van der Waals surface area (Å²) in [6.45, 7) is -1.71. The van der Waals surface area contributed by atoms with Crippen LogP contribution in [0, 0.1) is 0 Å². The quantitative estimate of drug-likeness (QED) is 0.853. The summed E-state index contributed by atoms with van der Waals surface area (Å²) in [7, 11) is 0. The number of hydrogen-bond donors (Lipinski definition) is 2. The van der Waals surface area contributed by atoms with E-state index in [1.165, 1.54) is 12.3 Å². The van der Waals surface area contributed by atoms with Crippen LogP contribution in [0.25, 0.3) is 11.4 Å². The first-order valence-electron chi connectivity index (χ1n) is 6.32. The Bertz CT molecular complexity index is 725. The van der Waals surface area contributed by atoms with Crippen molar-refractivity contribution < 1.29 is 27.2 Å². The van der Waals surface area contributed by atoms with Crippen LogP contribution in [0.15, 0.2) is 27.6 Å². The van der Waals surface area contributed by atoms with Crippen LogP contribution >= 0.6 is 0 Å². The summed E-state index contributed by atoms with van der Waals surface area (Å²) in [4.78, 5) is 28.6. The number of carbonyl (C=O) groups excluding carboxylic acids is 1. The number of H-pyrrole nitrogens is 1. The minimum absolute atomic E-state index is 0.0479. The van der Waals surface area contributed by atoms with Crippen LogP contribution in [0.5, 0.6) is 0 Å². The highest BCUT2D eigenvalue weighted by molar-refractivity contribution is 5.67. The molecule has 0 bridgehead atoms. The van der Waals surface area contributed by atoms with Gasteiger partial charge < -0.3 is 19.6 Å². The minimum Gasteiger partial charge on any atom is -0.440 e. The maximum absolute atomic E-state index is 11.8. The predicted molar refractivity (Wildman–Crippen MR) is 69.5 cm³/mol. The van der Waals surface area contributed by atoms with Crippen molar-refractivity contribution in [2.75, 3.05) is 13.2 Å². The van der Waals surface area contributed by atoms with Gasteiger partial charge in [0, 0.05) is 30.8 Å². The molecule has 2 N–H and O–H groups in total. The van der Waals surface area contributed by atoms with E-state index < -0.39 is 18.9 Å². The zero-order valence-electron chi connectivity index (χ0n) is 11.5. The Morgan fingerprint density at radius 1 is 1.43 bits per heavy atom. The van der Waals surface area contributed by atoms with E-state index in [1.807, 2.05) is 0 Å². The van der Waals surface area contributed by atoms with E-state index in [4.69, 9.17) is 4.52 Å². The molecule has 8 nitrogen and oxygen atoms in total. The third-order valence-electron chi connectivity index (χ3n) is 2.48. The smallest absolute Gasteiger partial charge is 0.422 e. The number of hydrogen-bond acceptors (Lipinski definition) is 6. The lowest BCUT2D eigenvalue weighted by Crippen LogP contribution is -2.30. The van der Waals surface area contributed by atoms with Gasteiger partial charge in [0.2, 0.25) is 17.3 Å². The third-order valence-corrected chi connectivity index (χ3v) is 2.48. The average Bonchev–Trinajstić information content (AvgIpc) is 2.93. The molecule has 11 heteroatoms. The van der Waals surface area contributed by atoms with Crippen LogP contribution < -0.4 is 10.9 Å². The lowest BCUT2D eigenvalue weighted by molar-refractivity contribution is -0.160. The molecule has 0 saturated carbocycles. The van der Waals surface area contributed by atoms with Gasteiger partial charge in [0.1, 0.15) is 0 Å². The number of halogens is 3. The third kappa shape index (κ3) is 5.45. The fraction of sp³-hybridized carbons (Fsp3) is 0.333. The molecule has 1 amide bonds. The van der Waals surface area contributed by atoms with E-state index in [0.29, 0.717) is 5.56 Å². The summed E-state index contributed by atoms with van der Waals surface area (Å²) in [6.07, 6.45) is -4.26. The highest BCUT2D eigenvalue weighted by Crippen LogP contribution is 2.14. The molecule has 0 radical (unpaired) electrons. The lowest BCUT2D eigenvalue weighted by Gasteiger charge is -2.08. The Hall–Kier alpha value is -2.85. The van der Waals surface area contributed by atoms with Gasteiger partial charge in [0.25, 0.3) is 0 Å². The monoisotopic (exact) mass is 332 g/mol. The van der Waals surface area contributed by atoms with E-state index in [-0.39, 0.29) is 30.2 Å². The van der Waals surface area contributed by atoms with Crippen LogP contribution in [0.4, 0.5) is 18.0 Å². The van der Waals surface area contributed by atoms with Crippen molar-refractivity contribution in [2.45, 2.75) is 12.6 Å². The van der Waals surface area contributed by atoms with Gasteiger partial charge in [-0.25, -0.2) is 4.79 Å². The second-order valence-corrected chi connectivity index (χ2v) is 4.32. The summed E-state index contributed by atoms with van der Waals surface area (Å²) in [5, 5.41) is 5.78. The Labute approximate surface area is 126 Å². The largest absolute Gasteiger partial charge is 0.440 e. The molecule has 23 heavy (non-hydrogen) atoms. The fourth-order valence-corrected chi connectivity index (χ4v) is 1.53. The molecule has 0 aliphatic rings. The summed E-state index contributed by atoms with van der Waals surface area (Å²) >= 11 is 0. The zero-order chi connectivity index (χ0) is 16.9. The van der Waals surface area contributed by atoms with Crippen molar-refractivity contribution in [3.63, 3.8) is 0 Å². The van der Waals surface area contributed by atoms with Gasteiger partial charge >= 0.3 is 12.3 Å². The molecule has 2 aromatic heterocycles. The molecular formula is C12H11F3N4O4. The van der Waals surface area contributed by atoms with Crippen molar-refractivity contribution in [2.24, 2.45) is 0 Å². The Morgan fingerprint density at radius 3 is 2.91 bits per heavy atom. The van der Waals surface area contributed by atoms with E-state index >= 15 is 0 Å². The molecule has 0 unspecified atom stereocenters. The Kier molecular flexibility index (Phi) is 4.98. The van der Waals surface area contributed by atoms with Gasteiger partial charge in [-0.05, 0) is 6.07 Å². The first kappa shape index (κ1) is 16.5. The molecular weight excluding hydrogens is 321 g/mol. The molecule has 124 valence electrons. The van der Waals surface area contributed by atoms with Gasteiger partial charge in [-0.2, -0.15) is 18.2 Å². The Balaban J connectivity index is 1.81. The molecule has 0 fully saturated rings. The maximum Gasteiger partial charge on any atom is 0.422 e.